The zero-order valence-electron chi connectivity index (χ0n) is 23.9. The predicted octanol–water partition coefficient (Wildman–Crippen LogP) is 10.5. The van der Waals surface area contributed by atoms with Gasteiger partial charge in [0.15, 0.2) is 17.5 Å². The van der Waals surface area contributed by atoms with E-state index in [0.29, 0.717) is 17.5 Å². The van der Waals surface area contributed by atoms with Crippen molar-refractivity contribution in [1.82, 2.24) is 15.0 Å². The molecule has 0 bridgehead atoms. The second-order valence-electron chi connectivity index (χ2n) is 10.9. The molecule has 0 unspecified atom stereocenters. The molecule has 8 aromatic rings. The predicted molar refractivity (Wildman–Crippen MR) is 182 cm³/mol. The number of aromatic nitrogens is 3. The highest BCUT2D eigenvalue weighted by Crippen LogP contribution is 2.35. The summed E-state index contributed by atoms with van der Waals surface area (Å²) in [4.78, 5) is 14.8. The van der Waals surface area contributed by atoms with Gasteiger partial charge in [-0.1, -0.05) is 164 Å². The molecule has 0 atom stereocenters. The second kappa shape index (κ2) is 11.0. The average molecular weight is 562 g/mol. The van der Waals surface area contributed by atoms with Crippen LogP contribution in [0.2, 0.25) is 0 Å². The van der Waals surface area contributed by atoms with Crippen molar-refractivity contribution in [1.29, 1.82) is 0 Å². The van der Waals surface area contributed by atoms with Crippen LogP contribution in [-0.2, 0) is 0 Å². The highest BCUT2D eigenvalue weighted by Gasteiger charge is 2.14. The first-order valence-corrected chi connectivity index (χ1v) is 14.8. The lowest BCUT2D eigenvalue weighted by Crippen LogP contribution is -2.00. The summed E-state index contributed by atoms with van der Waals surface area (Å²) in [7, 11) is 0. The minimum atomic E-state index is 0.649. The maximum absolute atomic E-state index is 4.97. The monoisotopic (exact) mass is 561 g/mol. The molecule has 0 aliphatic rings. The maximum Gasteiger partial charge on any atom is 0.164 e. The Balaban J connectivity index is 1.21. The summed E-state index contributed by atoms with van der Waals surface area (Å²) in [5, 5.41) is 5.01. The van der Waals surface area contributed by atoms with E-state index in [0.717, 1.165) is 27.8 Å². The van der Waals surface area contributed by atoms with Crippen LogP contribution in [-0.4, -0.2) is 15.0 Å². The van der Waals surface area contributed by atoms with Gasteiger partial charge in [0.25, 0.3) is 0 Å². The molecule has 3 heteroatoms. The Morgan fingerprint density at radius 2 is 0.705 bits per heavy atom. The molecule has 0 N–H and O–H groups in total. The molecular formula is C41H27N3. The first-order valence-electron chi connectivity index (χ1n) is 14.8. The zero-order valence-corrected chi connectivity index (χ0v) is 23.9. The lowest BCUT2D eigenvalue weighted by molar-refractivity contribution is 1.07. The molecule has 206 valence electrons. The van der Waals surface area contributed by atoms with Crippen LogP contribution >= 0.6 is 0 Å². The number of benzene rings is 7. The molecule has 0 saturated carbocycles. The number of hydrogen-bond donors (Lipinski definition) is 0. The third kappa shape index (κ3) is 4.81. The fourth-order valence-corrected chi connectivity index (χ4v) is 5.89. The molecule has 0 fully saturated rings. The van der Waals surface area contributed by atoms with Crippen molar-refractivity contribution in [3.63, 3.8) is 0 Å². The molecule has 0 aliphatic heterocycles. The summed E-state index contributed by atoms with van der Waals surface area (Å²) in [5.41, 5.74) is 7.56. The first-order chi connectivity index (χ1) is 21.8. The van der Waals surface area contributed by atoms with E-state index < -0.39 is 0 Å². The number of fused-ring (bicyclic) bond motifs is 3. The standard InChI is InChI=1S/C41H27N3/c1-3-10-28(11-4-1)29-18-24-34(25-19-29)40-42-39(33-13-5-2-6-14-33)43-41(44-40)35-26-21-31(22-27-35)37-17-9-15-32-23-20-30-12-7-8-16-36(30)38(32)37/h1-27H. The van der Waals surface area contributed by atoms with Crippen LogP contribution in [0.15, 0.2) is 164 Å². The minimum Gasteiger partial charge on any atom is -0.208 e. The van der Waals surface area contributed by atoms with Gasteiger partial charge in [-0.25, -0.2) is 15.0 Å². The lowest BCUT2D eigenvalue weighted by atomic mass is 9.93. The molecule has 7 aromatic carbocycles. The van der Waals surface area contributed by atoms with Gasteiger partial charge in [-0.3, -0.25) is 0 Å². The van der Waals surface area contributed by atoms with Crippen LogP contribution in [0.1, 0.15) is 0 Å². The van der Waals surface area contributed by atoms with Gasteiger partial charge in [-0.2, -0.15) is 0 Å². The van der Waals surface area contributed by atoms with Crippen molar-refractivity contribution in [2.45, 2.75) is 0 Å². The number of nitrogens with zero attached hydrogens (tertiary/aromatic N) is 3. The molecule has 0 aliphatic carbocycles. The third-order valence-corrected chi connectivity index (χ3v) is 8.14. The quantitative estimate of drug-likeness (QED) is 0.196. The van der Waals surface area contributed by atoms with E-state index in [2.05, 4.69) is 127 Å². The molecule has 0 amide bonds. The van der Waals surface area contributed by atoms with Crippen LogP contribution in [0.3, 0.4) is 0 Å². The lowest BCUT2D eigenvalue weighted by Gasteiger charge is -2.12. The smallest absolute Gasteiger partial charge is 0.164 e. The molecule has 0 spiro atoms. The molecule has 44 heavy (non-hydrogen) atoms. The van der Waals surface area contributed by atoms with Gasteiger partial charge in [0.05, 0.1) is 0 Å². The van der Waals surface area contributed by atoms with Crippen molar-refractivity contribution < 1.29 is 0 Å². The summed E-state index contributed by atoms with van der Waals surface area (Å²) in [6, 6.07) is 57.0. The van der Waals surface area contributed by atoms with Crippen LogP contribution in [0.25, 0.3) is 78.0 Å². The Morgan fingerprint density at radius 1 is 0.273 bits per heavy atom. The van der Waals surface area contributed by atoms with E-state index >= 15 is 0 Å². The molecular weight excluding hydrogens is 534 g/mol. The largest absolute Gasteiger partial charge is 0.208 e. The highest BCUT2D eigenvalue weighted by molar-refractivity contribution is 6.14. The van der Waals surface area contributed by atoms with Crippen LogP contribution in [0, 0.1) is 0 Å². The fourth-order valence-electron chi connectivity index (χ4n) is 5.89. The van der Waals surface area contributed by atoms with E-state index in [4.69, 9.17) is 15.0 Å². The van der Waals surface area contributed by atoms with Gasteiger partial charge in [0.1, 0.15) is 0 Å². The molecule has 0 saturated heterocycles. The van der Waals surface area contributed by atoms with Crippen molar-refractivity contribution >= 4 is 21.5 Å². The summed E-state index contributed by atoms with van der Waals surface area (Å²) in [5.74, 6) is 1.95. The van der Waals surface area contributed by atoms with Gasteiger partial charge < -0.3 is 0 Å². The summed E-state index contributed by atoms with van der Waals surface area (Å²) < 4.78 is 0. The Labute approximate surface area is 256 Å². The van der Waals surface area contributed by atoms with E-state index in [-0.39, 0.29) is 0 Å². The summed E-state index contributed by atoms with van der Waals surface area (Å²) >= 11 is 0. The van der Waals surface area contributed by atoms with Crippen molar-refractivity contribution in [3.8, 4) is 56.4 Å². The van der Waals surface area contributed by atoms with Crippen LogP contribution in [0.5, 0.6) is 0 Å². The van der Waals surface area contributed by atoms with E-state index in [1.54, 1.807) is 0 Å². The molecule has 0 radical (unpaired) electrons. The van der Waals surface area contributed by atoms with Gasteiger partial charge >= 0.3 is 0 Å². The molecule has 3 nitrogen and oxygen atoms in total. The van der Waals surface area contributed by atoms with Crippen LogP contribution < -0.4 is 0 Å². The Hall–Kier alpha value is -5.93. The normalized spacial score (nSPS) is 11.2. The topological polar surface area (TPSA) is 38.7 Å². The van der Waals surface area contributed by atoms with Crippen molar-refractivity contribution in [3.05, 3.63) is 164 Å². The fraction of sp³-hybridized carbons (Fsp3) is 0. The van der Waals surface area contributed by atoms with Crippen molar-refractivity contribution in [2.75, 3.05) is 0 Å². The molecule has 1 heterocycles. The van der Waals surface area contributed by atoms with Gasteiger partial charge in [0, 0.05) is 16.7 Å². The molecule has 8 rings (SSSR count). The first kappa shape index (κ1) is 25.8. The highest BCUT2D eigenvalue weighted by atomic mass is 15.0. The van der Waals surface area contributed by atoms with E-state index in [1.165, 1.54) is 32.7 Å². The van der Waals surface area contributed by atoms with Gasteiger partial charge in [-0.15, -0.1) is 0 Å². The second-order valence-corrected chi connectivity index (χ2v) is 10.9. The van der Waals surface area contributed by atoms with Crippen LogP contribution in [0.4, 0.5) is 0 Å². The number of hydrogen-bond acceptors (Lipinski definition) is 3. The minimum absolute atomic E-state index is 0.649. The summed E-state index contributed by atoms with van der Waals surface area (Å²) in [6.07, 6.45) is 0. The Kier molecular flexibility index (Phi) is 6.47. The van der Waals surface area contributed by atoms with Crippen molar-refractivity contribution in [2.24, 2.45) is 0 Å². The maximum atomic E-state index is 4.97. The van der Waals surface area contributed by atoms with E-state index in [9.17, 15) is 0 Å². The third-order valence-electron chi connectivity index (χ3n) is 8.14. The average Bonchev–Trinajstić information content (AvgIpc) is 3.12. The summed E-state index contributed by atoms with van der Waals surface area (Å²) in [6.45, 7) is 0. The Morgan fingerprint density at radius 3 is 1.34 bits per heavy atom. The Bertz CT molecular complexity index is 2240. The SMILES string of the molecule is c1ccc(-c2ccc(-c3nc(-c4ccccc4)nc(-c4ccc(-c5cccc6ccc7ccccc7c56)cc4)n3)cc2)cc1. The van der Waals surface area contributed by atoms with E-state index in [1.807, 2.05) is 36.4 Å². The zero-order chi connectivity index (χ0) is 29.3. The molecule has 1 aromatic heterocycles. The number of rotatable bonds is 5. The van der Waals surface area contributed by atoms with Gasteiger partial charge in [-0.05, 0) is 43.8 Å². The van der Waals surface area contributed by atoms with Gasteiger partial charge in [0.2, 0.25) is 0 Å².